The zero-order chi connectivity index (χ0) is 26.3. The number of hydrogen-bond acceptors (Lipinski definition) is 2. The van der Waals surface area contributed by atoms with E-state index in [1.165, 1.54) is 83.5 Å². The Balaban J connectivity index is 1.40. The molecule has 0 saturated carbocycles. The molecule has 0 aliphatic rings. The molecule has 0 bridgehead atoms. The minimum Gasteiger partial charge on any atom is -0.342 e. The summed E-state index contributed by atoms with van der Waals surface area (Å²) in [5, 5.41) is 3.15. The van der Waals surface area contributed by atoms with E-state index >= 15 is 0 Å². The van der Waals surface area contributed by atoms with Crippen molar-refractivity contribution in [3.63, 3.8) is 0 Å². The normalized spacial score (nSPS) is 12.2. The molecule has 0 aliphatic heterocycles. The minimum absolute atomic E-state index is 0.0740. The molecule has 3 rings (SSSR count). The second-order valence-corrected chi connectivity index (χ2v) is 11.3. The number of aromatic nitrogens is 2. The second-order valence-electron chi connectivity index (χ2n) is 10.4. The average molecular weight is 569 g/mol. The number of carbonyl (C=O) groups excluding carboxylic acids is 1. The van der Waals surface area contributed by atoms with Crippen LogP contribution in [0.1, 0.15) is 126 Å². The number of amides is 1. The highest BCUT2D eigenvalue weighted by molar-refractivity contribution is 9.10. The number of fused-ring (bicyclic) bond motifs is 1. The Morgan fingerprint density at radius 2 is 1.35 bits per heavy atom. The van der Waals surface area contributed by atoms with Crippen LogP contribution < -0.4 is 5.32 Å². The third kappa shape index (κ3) is 9.92. The number of para-hydroxylation sites is 2. The first-order valence-corrected chi connectivity index (χ1v) is 15.4. The predicted octanol–water partition coefficient (Wildman–Crippen LogP) is 9.77. The van der Waals surface area contributed by atoms with E-state index in [4.69, 9.17) is 4.98 Å². The van der Waals surface area contributed by atoms with E-state index in [1.54, 1.807) is 0 Å². The van der Waals surface area contributed by atoms with E-state index in [0.717, 1.165) is 34.3 Å². The molecule has 0 radical (unpaired) electrons. The Hall–Kier alpha value is -2.14. The fraction of sp³-hybridized carbons (Fsp3) is 0.562. The van der Waals surface area contributed by atoms with Crippen molar-refractivity contribution in [2.24, 2.45) is 0 Å². The number of aryl methyl sites for hydroxylation is 1. The molecule has 1 atom stereocenters. The zero-order valence-electron chi connectivity index (χ0n) is 23.0. The molecule has 1 unspecified atom stereocenters. The van der Waals surface area contributed by atoms with Crippen LogP contribution in [0.4, 0.5) is 0 Å². The van der Waals surface area contributed by atoms with Gasteiger partial charge in [-0.2, -0.15) is 0 Å². The van der Waals surface area contributed by atoms with Gasteiger partial charge in [-0.05, 0) is 49.7 Å². The molecule has 0 aliphatic carbocycles. The third-order valence-corrected chi connectivity index (χ3v) is 7.79. The summed E-state index contributed by atoms with van der Waals surface area (Å²) in [6, 6.07) is 15.6. The van der Waals surface area contributed by atoms with Gasteiger partial charge in [-0.1, -0.05) is 118 Å². The summed E-state index contributed by atoms with van der Waals surface area (Å²) in [6.45, 7) is 5.25. The third-order valence-electron chi connectivity index (χ3n) is 7.26. The van der Waals surface area contributed by atoms with Crippen LogP contribution in [0.5, 0.6) is 0 Å². The summed E-state index contributed by atoms with van der Waals surface area (Å²) in [5.74, 6) is 0.858. The first kappa shape index (κ1) is 29.4. The van der Waals surface area contributed by atoms with Gasteiger partial charge in [0, 0.05) is 16.6 Å². The first-order valence-electron chi connectivity index (χ1n) is 14.6. The van der Waals surface area contributed by atoms with Gasteiger partial charge in [0.15, 0.2) is 0 Å². The summed E-state index contributed by atoms with van der Waals surface area (Å²) in [6.07, 6.45) is 19.0. The molecule has 37 heavy (non-hydrogen) atoms. The highest BCUT2D eigenvalue weighted by atomic mass is 79.9. The van der Waals surface area contributed by atoms with Crippen molar-refractivity contribution in [2.75, 3.05) is 0 Å². The van der Waals surface area contributed by atoms with E-state index in [-0.39, 0.29) is 11.9 Å². The van der Waals surface area contributed by atoms with Crippen molar-refractivity contribution < 1.29 is 4.79 Å². The van der Waals surface area contributed by atoms with Crippen LogP contribution in [-0.4, -0.2) is 15.5 Å². The molecule has 0 spiro atoms. The molecule has 1 amide bonds. The van der Waals surface area contributed by atoms with Crippen LogP contribution in [0, 0.1) is 0 Å². The number of nitrogens with zero attached hydrogens (tertiary/aromatic N) is 2. The number of hydrogen-bond donors (Lipinski definition) is 1. The van der Waals surface area contributed by atoms with Crippen LogP contribution in [0.3, 0.4) is 0 Å². The predicted molar refractivity (Wildman–Crippen MR) is 160 cm³/mol. The fourth-order valence-corrected chi connectivity index (χ4v) is 5.33. The van der Waals surface area contributed by atoms with Crippen molar-refractivity contribution in [1.82, 2.24) is 14.9 Å². The van der Waals surface area contributed by atoms with Crippen molar-refractivity contribution in [3.8, 4) is 0 Å². The Kier molecular flexibility index (Phi) is 13.2. The quantitative estimate of drug-likeness (QED) is 0.155. The molecule has 3 aromatic rings. The highest BCUT2D eigenvalue weighted by Gasteiger charge is 2.19. The smallest absolute Gasteiger partial charge is 0.251 e. The van der Waals surface area contributed by atoms with Crippen molar-refractivity contribution >= 4 is 32.9 Å². The maximum Gasteiger partial charge on any atom is 0.251 e. The van der Waals surface area contributed by atoms with Crippen LogP contribution in [0.15, 0.2) is 53.0 Å². The first-order chi connectivity index (χ1) is 18.1. The van der Waals surface area contributed by atoms with E-state index in [2.05, 4.69) is 50.9 Å². The van der Waals surface area contributed by atoms with Gasteiger partial charge in [0.1, 0.15) is 5.82 Å². The number of nitrogens with one attached hydrogen (secondary N) is 1. The molecule has 0 fully saturated rings. The lowest BCUT2D eigenvalue weighted by molar-refractivity contribution is 0.0937. The van der Waals surface area contributed by atoms with Gasteiger partial charge in [0.05, 0.1) is 17.1 Å². The van der Waals surface area contributed by atoms with Gasteiger partial charge in [-0.15, -0.1) is 0 Å². The Bertz CT molecular complexity index is 1060. The number of unbranched alkanes of at least 4 members (excludes halogenated alkanes) is 13. The molecule has 0 saturated heterocycles. The van der Waals surface area contributed by atoms with Gasteiger partial charge < -0.3 is 9.88 Å². The van der Waals surface area contributed by atoms with Gasteiger partial charge >= 0.3 is 0 Å². The Morgan fingerprint density at radius 1 is 0.811 bits per heavy atom. The molecular weight excluding hydrogens is 522 g/mol. The van der Waals surface area contributed by atoms with Crippen LogP contribution >= 0.6 is 15.9 Å². The molecular formula is C32H46BrN3O. The zero-order valence-corrected chi connectivity index (χ0v) is 24.6. The van der Waals surface area contributed by atoms with Gasteiger partial charge in [-0.3, -0.25) is 4.79 Å². The topological polar surface area (TPSA) is 46.9 Å². The van der Waals surface area contributed by atoms with Crippen LogP contribution in [0.2, 0.25) is 0 Å². The van der Waals surface area contributed by atoms with Crippen LogP contribution in [-0.2, 0) is 6.54 Å². The molecule has 1 heterocycles. The van der Waals surface area contributed by atoms with E-state index < -0.39 is 0 Å². The number of imidazole rings is 1. The Labute approximate surface area is 232 Å². The summed E-state index contributed by atoms with van der Waals surface area (Å²) in [4.78, 5) is 17.7. The van der Waals surface area contributed by atoms with Crippen molar-refractivity contribution in [1.29, 1.82) is 0 Å². The van der Waals surface area contributed by atoms with E-state index in [9.17, 15) is 4.79 Å². The lowest BCUT2D eigenvalue weighted by atomic mass is 10.0. The van der Waals surface area contributed by atoms with Gasteiger partial charge in [-0.25, -0.2) is 4.98 Å². The van der Waals surface area contributed by atoms with E-state index in [0.29, 0.717) is 5.56 Å². The monoisotopic (exact) mass is 567 g/mol. The number of benzene rings is 2. The summed E-state index contributed by atoms with van der Waals surface area (Å²) < 4.78 is 3.27. The molecule has 1 aromatic heterocycles. The maximum absolute atomic E-state index is 12.8. The molecule has 4 nitrogen and oxygen atoms in total. The van der Waals surface area contributed by atoms with Crippen molar-refractivity contribution in [3.05, 3.63) is 64.4 Å². The molecule has 5 heteroatoms. The van der Waals surface area contributed by atoms with Crippen molar-refractivity contribution in [2.45, 2.75) is 116 Å². The number of rotatable bonds is 18. The maximum atomic E-state index is 12.8. The lowest BCUT2D eigenvalue weighted by Gasteiger charge is -2.16. The molecule has 1 N–H and O–H groups in total. The second kappa shape index (κ2) is 16.7. The number of halogens is 1. The largest absolute Gasteiger partial charge is 0.342 e. The fourth-order valence-electron chi connectivity index (χ4n) is 5.07. The molecule has 202 valence electrons. The van der Waals surface area contributed by atoms with Gasteiger partial charge in [0.2, 0.25) is 0 Å². The summed E-state index contributed by atoms with van der Waals surface area (Å²) in [7, 11) is 0. The lowest BCUT2D eigenvalue weighted by Crippen LogP contribution is -2.28. The van der Waals surface area contributed by atoms with Crippen LogP contribution in [0.25, 0.3) is 11.0 Å². The minimum atomic E-state index is -0.171. The van der Waals surface area contributed by atoms with Gasteiger partial charge in [0.25, 0.3) is 5.91 Å². The SMILES string of the molecule is CCCCCCCCCCCCCCCCn1c(C(C)NC(=O)c2ccc(Br)cc2)nc2ccccc21. The number of carbonyl (C=O) groups is 1. The standard InChI is InChI=1S/C32H46BrN3O/c1-3-4-5-6-7-8-9-10-11-12-13-14-15-18-25-36-30-20-17-16-19-29(30)35-31(36)26(2)34-32(37)27-21-23-28(33)24-22-27/h16-17,19-24,26H,3-15,18,25H2,1-2H3,(H,34,37). The average Bonchev–Trinajstić information content (AvgIpc) is 3.28. The van der Waals surface area contributed by atoms with E-state index in [1.807, 2.05) is 37.3 Å². The Morgan fingerprint density at radius 3 is 1.95 bits per heavy atom. The highest BCUT2D eigenvalue weighted by Crippen LogP contribution is 2.23. The summed E-state index contributed by atoms with van der Waals surface area (Å²) >= 11 is 3.43. The summed E-state index contributed by atoms with van der Waals surface area (Å²) in [5.41, 5.74) is 2.80. The molecule has 2 aromatic carbocycles.